The summed E-state index contributed by atoms with van der Waals surface area (Å²) in [5.41, 5.74) is 5.73. The third-order valence-corrected chi connectivity index (χ3v) is 8.39. The number of aromatic nitrogens is 1. The van der Waals surface area contributed by atoms with Gasteiger partial charge in [0.1, 0.15) is 0 Å². The van der Waals surface area contributed by atoms with E-state index in [0.717, 1.165) is 53.0 Å². The Kier molecular flexibility index (Phi) is 12.2. The van der Waals surface area contributed by atoms with E-state index in [2.05, 4.69) is 27.6 Å². The minimum Gasteiger partial charge on any atom is -0.392 e. The van der Waals surface area contributed by atoms with E-state index in [-0.39, 0.29) is 24.6 Å². The van der Waals surface area contributed by atoms with Crippen molar-refractivity contribution < 1.29 is 24.2 Å². The number of pyridine rings is 1. The Morgan fingerprint density at radius 2 is 1.60 bits per heavy atom. The Bertz CT molecular complexity index is 1550. The number of likely N-dealkylation sites (N-methyl/N-ethyl adjacent to an activating group) is 1. The van der Waals surface area contributed by atoms with E-state index in [1.165, 1.54) is 6.92 Å². The highest BCUT2D eigenvalue weighted by molar-refractivity contribution is 5.87. The molecule has 3 aromatic carbocycles. The molecule has 2 heterocycles. The second-order valence-corrected chi connectivity index (χ2v) is 12.1. The highest BCUT2D eigenvalue weighted by Gasteiger charge is 2.32. The lowest BCUT2D eigenvalue weighted by Gasteiger charge is -2.38. The summed E-state index contributed by atoms with van der Waals surface area (Å²) in [6.07, 6.45) is 3.00. The molecule has 4 atom stereocenters. The summed E-state index contributed by atoms with van der Waals surface area (Å²) < 4.78 is 13.0. The summed E-state index contributed by atoms with van der Waals surface area (Å²) in [6, 6.07) is 30.3. The lowest BCUT2D eigenvalue weighted by molar-refractivity contribution is -0.252. The molecule has 4 aromatic rings. The first-order valence-electron chi connectivity index (χ1n) is 16.1. The molecule has 0 radical (unpaired) electrons. The average molecular weight is 637 g/mol. The van der Waals surface area contributed by atoms with Gasteiger partial charge in [0.15, 0.2) is 12.1 Å². The van der Waals surface area contributed by atoms with Gasteiger partial charge in [-0.1, -0.05) is 84.9 Å². The van der Waals surface area contributed by atoms with Crippen molar-refractivity contribution in [1.29, 1.82) is 0 Å². The Balaban J connectivity index is 1.20. The highest BCUT2D eigenvalue weighted by Crippen LogP contribution is 2.38. The molecule has 5 rings (SSSR count). The topological polar surface area (TPSA) is 113 Å². The maximum absolute atomic E-state index is 12.7. The molecule has 4 unspecified atom stereocenters. The van der Waals surface area contributed by atoms with Crippen LogP contribution in [-0.4, -0.2) is 59.1 Å². The number of Topliss-reactive ketones (excluding diaryl/α,β-unsaturated/α-hetero) is 1. The molecule has 1 aliphatic rings. The van der Waals surface area contributed by atoms with Crippen molar-refractivity contribution in [2.75, 3.05) is 20.1 Å². The number of hydrogen-bond acceptors (Lipinski definition) is 7. The average Bonchev–Trinajstić information content (AvgIpc) is 3.10. The SMILES string of the molecule is CC(=O)C(Cc1ccccc1)NC(=O)NCc1ccc(C2OC(CN(C)CCc3ccccn3)CC(c3ccc(CO)cc3)O2)cc1. The maximum atomic E-state index is 12.7. The number of rotatable bonds is 14. The molecule has 0 bridgehead atoms. The summed E-state index contributed by atoms with van der Waals surface area (Å²) >= 11 is 0. The van der Waals surface area contributed by atoms with Crippen LogP contribution >= 0.6 is 0 Å². The number of hydrogen-bond donors (Lipinski definition) is 3. The van der Waals surface area contributed by atoms with Gasteiger partial charge in [0, 0.05) is 49.9 Å². The van der Waals surface area contributed by atoms with Crippen LogP contribution in [0.1, 0.15) is 59.2 Å². The van der Waals surface area contributed by atoms with E-state index in [0.29, 0.717) is 19.4 Å². The van der Waals surface area contributed by atoms with Crippen molar-refractivity contribution in [3.63, 3.8) is 0 Å². The van der Waals surface area contributed by atoms with Gasteiger partial charge in [-0.2, -0.15) is 0 Å². The van der Waals surface area contributed by atoms with Crippen molar-refractivity contribution in [2.45, 2.75) is 63.9 Å². The number of amides is 2. The van der Waals surface area contributed by atoms with Crippen LogP contribution in [0, 0.1) is 0 Å². The van der Waals surface area contributed by atoms with Crippen molar-refractivity contribution in [2.24, 2.45) is 0 Å². The standard InChI is InChI=1S/C38H44N4O5/c1-27(44)35(22-28-8-4-3-5-9-28)41-38(45)40-24-29-11-17-32(18-12-29)37-46-34(25-42(2)21-19-33-10-6-7-20-39-33)23-36(47-37)31-15-13-30(26-43)14-16-31/h3-18,20,34-37,43H,19,21-26H2,1-2H3,(H2,40,41,45). The van der Waals surface area contributed by atoms with Gasteiger partial charge in [-0.15, -0.1) is 0 Å². The van der Waals surface area contributed by atoms with Gasteiger partial charge in [-0.25, -0.2) is 4.79 Å². The quantitative estimate of drug-likeness (QED) is 0.172. The summed E-state index contributed by atoms with van der Waals surface area (Å²) in [7, 11) is 2.10. The largest absolute Gasteiger partial charge is 0.392 e. The molecule has 9 heteroatoms. The molecular weight excluding hydrogens is 592 g/mol. The molecule has 47 heavy (non-hydrogen) atoms. The van der Waals surface area contributed by atoms with Crippen LogP contribution in [0.15, 0.2) is 103 Å². The first kappa shape index (κ1) is 33.9. The second-order valence-electron chi connectivity index (χ2n) is 12.1. The summed E-state index contributed by atoms with van der Waals surface area (Å²) in [4.78, 5) is 31.6. The van der Waals surface area contributed by atoms with E-state index in [4.69, 9.17) is 9.47 Å². The Morgan fingerprint density at radius 3 is 2.28 bits per heavy atom. The third-order valence-electron chi connectivity index (χ3n) is 8.39. The van der Waals surface area contributed by atoms with Crippen LogP contribution in [0.4, 0.5) is 4.79 Å². The third kappa shape index (κ3) is 10.3. The number of carbonyl (C=O) groups excluding carboxylic acids is 2. The molecule has 1 saturated heterocycles. The molecule has 0 spiro atoms. The molecule has 9 nitrogen and oxygen atoms in total. The fourth-order valence-electron chi connectivity index (χ4n) is 5.65. The predicted molar refractivity (Wildman–Crippen MR) is 180 cm³/mol. The lowest BCUT2D eigenvalue weighted by atomic mass is 9.99. The predicted octanol–water partition coefficient (Wildman–Crippen LogP) is 5.29. The first-order chi connectivity index (χ1) is 22.9. The number of nitrogens with one attached hydrogen (secondary N) is 2. The molecule has 2 amide bonds. The first-order valence-corrected chi connectivity index (χ1v) is 16.1. The van der Waals surface area contributed by atoms with Crippen LogP contribution in [0.25, 0.3) is 0 Å². The molecule has 3 N–H and O–H groups in total. The summed E-state index contributed by atoms with van der Waals surface area (Å²) in [5, 5.41) is 15.2. The van der Waals surface area contributed by atoms with Crippen molar-refractivity contribution >= 4 is 11.8 Å². The van der Waals surface area contributed by atoms with Gasteiger partial charge < -0.3 is 30.1 Å². The maximum Gasteiger partial charge on any atom is 0.315 e. The van der Waals surface area contributed by atoms with Gasteiger partial charge in [0.05, 0.1) is 24.9 Å². The number of aliphatic hydroxyl groups is 1. The van der Waals surface area contributed by atoms with Gasteiger partial charge in [0.25, 0.3) is 0 Å². The highest BCUT2D eigenvalue weighted by atomic mass is 16.7. The van der Waals surface area contributed by atoms with Crippen molar-refractivity contribution in [1.82, 2.24) is 20.5 Å². The van der Waals surface area contributed by atoms with Crippen LogP contribution in [0.3, 0.4) is 0 Å². The fraction of sp³-hybridized carbons (Fsp3) is 0.342. The van der Waals surface area contributed by atoms with E-state index < -0.39 is 18.4 Å². The number of urea groups is 1. The monoisotopic (exact) mass is 636 g/mol. The van der Waals surface area contributed by atoms with Gasteiger partial charge in [0.2, 0.25) is 0 Å². The smallest absolute Gasteiger partial charge is 0.315 e. The molecule has 0 aliphatic carbocycles. The minimum absolute atomic E-state index is 0.00487. The van der Waals surface area contributed by atoms with Gasteiger partial charge in [-0.05, 0) is 54.8 Å². The Labute approximate surface area is 276 Å². The van der Waals surface area contributed by atoms with Crippen LogP contribution in [0.5, 0.6) is 0 Å². The van der Waals surface area contributed by atoms with E-state index in [1.54, 1.807) is 0 Å². The zero-order valence-electron chi connectivity index (χ0n) is 27.0. The number of nitrogens with zero attached hydrogens (tertiary/aromatic N) is 2. The van der Waals surface area contributed by atoms with E-state index in [9.17, 15) is 14.7 Å². The lowest BCUT2D eigenvalue weighted by Crippen LogP contribution is -2.46. The number of aliphatic hydroxyl groups excluding tert-OH is 1. The molecule has 1 aliphatic heterocycles. The van der Waals surface area contributed by atoms with E-state index >= 15 is 0 Å². The molecule has 1 fully saturated rings. The fourth-order valence-corrected chi connectivity index (χ4v) is 5.65. The normalized spacial score (nSPS) is 18.4. The van der Waals surface area contributed by atoms with Crippen molar-refractivity contribution in [3.05, 3.63) is 137 Å². The van der Waals surface area contributed by atoms with Gasteiger partial charge >= 0.3 is 6.03 Å². The van der Waals surface area contributed by atoms with E-state index in [1.807, 2.05) is 103 Å². The summed E-state index contributed by atoms with van der Waals surface area (Å²) in [5.74, 6) is -0.0961. The number of carbonyl (C=O) groups is 2. The van der Waals surface area contributed by atoms with Crippen LogP contribution in [0.2, 0.25) is 0 Å². The Morgan fingerprint density at radius 1 is 0.894 bits per heavy atom. The molecule has 246 valence electrons. The molecular formula is C38H44N4O5. The zero-order chi connectivity index (χ0) is 33.0. The summed E-state index contributed by atoms with van der Waals surface area (Å²) in [6.45, 7) is 3.38. The number of ketones is 1. The van der Waals surface area contributed by atoms with Crippen molar-refractivity contribution in [3.8, 4) is 0 Å². The number of ether oxygens (including phenoxy) is 2. The van der Waals surface area contributed by atoms with Crippen LogP contribution < -0.4 is 10.6 Å². The second kappa shape index (κ2) is 16.9. The zero-order valence-corrected chi connectivity index (χ0v) is 27.0. The Hall–Kier alpha value is -4.41. The molecule has 0 saturated carbocycles. The molecule has 1 aromatic heterocycles. The van der Waals surface area contributed by atoms with Crippen LogP contribution in [-0.2, 0) is 40.3 Å². The van der Waals surface area contributed by atoms with Gasteiger partial charge in [-0.3, -0.25) is 9.78 Å². The number of benzene rings is 3. The minimum atomic E-state index is -0.602.